The third-order valence-electron chi connectivity index (χ3n) is 5.04. The standard InChI is InChI=1S/C18H40N2/c1-6-10-11-12-13-14-18(5,16-19)20(9-4)15-17(7-2)8-3/h17H,6-16,19H2,1-5H3. The van der Waals surface area contributed by atoms with Crippen molar-refractivity contribution in [3.63, 3.8) is 0 Å². The molecule has 0 aliphatic heterocycles. The zero-order chi connectivity index (χ0) is 15.4. The van der Waals surface area contributed by atoms with Crippen molar-refractivity contribution in [2.75, 3.05) is 19.6 Å². The van der Waals surface area contributed by atoms with Gasteiger partial charge in [0.2, 0.25) is 0 Å². The second-order valence-electron chi connectivity index (χ2n) is 6.59. The van der Waals surface area contributed by atoms with Crippen LogP contribution < -0.4 is 5.73 Å². The molecule has 0 aliphatic carbocycles. The number of hydrogen-bond acceptors (Lipinski definition) is 2. The van der Waals surface area contributed by atoms with E-state index in [1.54, 1.807) is 0 Å². The summed E-state index contributed by atoms with van der Waals surface area (Å²) in [6.07, 6.45) is 10.6. The van der Waals surface area contributed by atoms with Crippen molar-refractivity contribution in [1.82, 2.24) is 4.90 Å². The van der Waals surface area contributed by atoms with E-state index >= 15 is 0 Å². The Morgan fingerprint density at radius 2 is 1.55 bits per heavy atom. The number of nitrogens with zero attached hydrogens (tertiary/aromatic N) is 1. The molecular weight excluding hydrogens is 244 g/mol. The normalized spacial score (nSPS) is 15.0. The lowest BCUT2D eigenvalue weighted by atomic mass is 9.90. The van der Waals surface area contributed by atoms with Gasteiger partial charge < -0.3 is 5.73 Å². The Bertz CT molecular complexity index is 213. The highest BCUT2D eigenvalue weighted by atomic mass is 15.2. The van der Waals surface area contributed by atoms with Gasteiger partial charge in [-0.1, -0.05) is 72.6 Å². The van der Waals surface area contributed by atoms with Crippen LogP contribution in [0.3, 0.4) is 0 Å². The molecule has 1 atom stereocenters. The number of rotatable bonds is 13. The fourth-order valence-electron chi connectivity index (χ4n) is 3.09. The monoisotopic (exact) mass is 284 g/mol. The molecule has 0 bridgehead atoms. The Hall–Kier alpha value is -0.0800. The second kappa shape index (κ2) is 11.6. The van der Waals surface area contributed by atoms with Gasteiger partial charge in [-0.2, -0.15) is 0 Å². The summed E-state index contributed by atoms with van der Waals surface area (Å²) < 4.78 is 0. The first-order chi connectivity index (χ1) is 9.57. The molecule has 0 fully saturated rings. The first-order valence-electron chi connectivity index (χ1n) is 9.02. The fraction of sp³-hybridized carbons (Fsp3) is 1.00. The Morgan fingerprint density at radius 3 is 2.00 bits per heavy atom. The molecule has 0 radical (unpaired) electrons. The summed E-state index contributed by atoms with van der Waals surface area (Å²) in [5.74, 6) is 0.820. The van der Waals surface area contributed by atoms with Crippen molar-refractivity contribution in [1.29, 1.82) is 0 Å². The van der Waals surface area contributed by atoms with Gasteiger partial charge in [-0.15, -0.1) is 0 Å². The zero-order valence-corrected chi connectivity index (χ0v) is 14.9. The number of nitrogens with two attached hydrogens (primary N) is 1. The maximum Gasteiger partial charge on any atom is 0.0303 e. The largest absolute Gasteiger partial charge is 0.329 e. The fourth-order valence-corrected chi connectivity index (χ4v) is 3.09. The highest BCUT2D eigenvalue weighted by Gasteiger charge is 2.29. The Morgan fingerprint density at radius 1 is 0.950 bits per heavy atom. The molecule has 0 saturated heterocycles. The maximum atomic E-state index is 6.14. The van der Waals surface area contributed by atoms with Crippen LogP contribution in [-0.4, -0.2) is 30.1 Å². The van der Waals surface area contributed by atoms with Crippen LogP contribution in [0.15, 0.2) is 0 Å². The number of likely N-dealkylation sites (N-methyl/N-ethyl adjacent to an activating group) is 1. The third-order valence-corrected chi connectivity index (χ3v) is 5.04. The van der Waals surface area contributed by atoms with E-state index in [0.29, 0.717) is 0 Å². The molecule has 0 rings (SSSR count). The van der Waals surface area contributed by atoms with Gasteiger partial charge in [0.1, 0.15) is 0 Å². The van der Waals surface area contributed by atoms with Crippen molar-refractivity contribution in [2.24, 2.45) is 11.7 Å². The third kappa shape index (κ3) is 7.08. The molecule has 0 heterocycles. The summed E-state index contributed by atoms with van der Waals surface area (Å²) in [6.45, 7) is 14.7. The molecule has 2 heteroatoms. The summed E-state index contributed by atoms with van der Waals surface area (Å²) in [5, 5.41) is 0. The molecular formula is C18H40N2. The van der Waals surface area contributed by atoms with Gasteiger partial charge in [-0.05, 0) is 25.8 Å². The van der Waals surface area contributed by atoms with Gasteiger partial charge in [0.25, 0.3) is 0 Å². The lowest BCUT2D eigenvalue weighted by Crippen LogP contribution is -2.53. The van der Waals surface area contributed by atoms with Crippen molar-refractivity contribution in [3.8, 4) is 0 Å². The predicted molar refractivity (Wildman–Crippen MR) is 92.2 cm³/mol. The van der Waals surface area contributed by atoms with E-state index in [2.05, 4.69) is 39.5 Å². The van der Waals surface area contributed by atoms with E-state index in [0.717, 1.165) is 19.0 Å². The minimum atomic E-state index is 0.198. The van der Waals surface area contributed by atoms with E-state index in [1.165, 1.54) is 57.9 Å². The molecule has 2 nitrogen and oxygen atoms in total. The highest BCUT2D eigenvalue weighted by molar-refractivity contribution is 4.87. The van der Waals surface area contributed by atoms with E-state index < -0.39 is 0 Å². The summed E-state index contributed by atoms with van der Waals surface area (Å²) >= 11 is 0. The van der Waals surface area contributed by atoms with E-state index in [4.69, 9.17) is 5.73 Å². The summed E-state index contributed by atoms with van der Waals surface area (Å²) in [5.41, 5.74) is 6.34. The molecule has 0 amide bonds. The highest BCUT2D eigenvalue weighted by Crippen LogP contribution is 2.24. The Labute approximate surface area is 128 Å². The minimum Gasteiger partial charge on any atom is -0.329 e. The van der Waals surface area contributed by atoms with Crippen LogP contribution in [0.4, 0.5) is 0 Å². The van der Waals surface area contributed by atoms with Gasteiger partial charge >= 0.3 is 0 Å². The quantitative estimate of drug-likeness (QED) is 0.491. The topological polar surface area (TPSA) is 29.3 Å². The van der Waals surface area contributed by atoms with Crippen LogP contribution in [0, 0.1) is 5.92 Å². The lowest BCUT2D eigenvalue weighted by Gasteiger charge is -2.42. The average Bonchev–Trinajstić information content (AvgIpc) is 2.48. The van der Waals surface area contributed by atoms with Crippen LogP contribution in [-0.2, 0) is 0 Å². The first kappa shape index (κ1) is 19.9. The molecule has 0 aromatic rings. The van der Waals surface area contributed by atoms with Crippen molar-refractivity contribution < 1.29 is 0 Å². The van der Waals surface area contributed by atoms with Crippen LogP contribution >= 0.6 is 0 Å². The molecule has 0 saturated carbocycles. The number of unbranched alkanes of at least 4 members (excludes halogenated alkanes) is 4. The van der Waals surface area contributed by atoms with Crippen LogP contribution in [0.25, 0.3) is 0 Å². The van der Waals surface area contributed by atoms with Crippen molar-refractivity contribution in [2.45, 2.75) is 91.5 Å². The molecule has 0 aliphatic rings. The van der Waals surface area contributed by atoms with Crippen molar-refractivity contribution in [3.05, 3.63) is 0 Å². The maximum absolute atomic E-state index is 6.14. The summed E-state index contributed by atoms with van der Waals surface area (Å²) in [7, 11) is 0. The molecule has 2 N–H and O–H groups in total. The van der Waals surface area contributed by atoms with Gasteiger partial charge in [-0.3, -0.25) is 4.90 Å². The molecule has 0 aromatic heterocycles. The predicted octanol–water partition coefficient (Wildman–Crippen LogP) is 4.82. The van der Waals surface area contributed by atoms with E-state index in [9.17, 15) is 0 Å². The van der Waals surface area contributed by atoms with Gasteiger partial charge in [0.05, 0.1) is 0 Å². The van der Waals surface area contributed by atoms with Crippen LogP contribution in [0.5, 0.6) is 0 Å². The SMILES string of the molecule is CCCCCCCC(C)(CN)N(CC)CC(CC)CC. The van der Waals surface area contributed by atoms with Gasteiger partial charge in [0.15, 0.2) is 0 Å². The zero-order valence-electron chi connectivity index (χ0n) is 14.9. The average molecular weight is 285 g/mol. The van der Waals surface area contributed by atoms with Crippen LogP contribution in [0.1, 0.15) is 86.0 Å². The van der Waals surface area contributed by atoms with Crippen molar-refractivity contribution >= 4 is 0 Å². The van der Waals surface area contributed by atoms with E-state index in [1.807, 2.05) is 0 Å². The lowest BCUT2D eigenvalue weighted by molar-refractivity contribution is 0.0835. The molecule has 0 aromatic carbocycles. The minimum absolute atomic E-state index is 0.198. The Balaban J connectivity index is 4.38. The van der Waals surface area contributed by atoms with E-state index in [-0.39, 0.29) is 5.54 Å². The molecule has 20 heavy (non-hydrogen) atoms. The smallest absolute Gasteiger partial charge is 0.0303 e. The van der Waals surface area contributed by atoms with Crippen LogP contribution in [0.2, 0.25) is 0 Å². The number of hydrogen-bond donors (Lipinski definition) is 1. The molecule has 122 valence electrons. The van der Waals surface area contributed by atoms with Gasteiger partial charge in [0, 0.05) is 18.6 Å². The molecule has 0 spiro atoms. The summed E-state index contributed by atoms with van der Waals surface area (Å²) in [6, 6.07) is 0. The van der Waals surface area contributed by atoms with Gasteiger partial charge in [-0.25, -0.2) is 0 Å². The summed E-state index contributed by atoms with van der Waals surface area (Å²) in [4.78, 5) is 2.64. The second-order valence-corrected chi connectivity index (χ2v) is 6.59. The first-order valence-corrected chi connectivity index (χ1v) is 9.02. The Kier molecular flexibility index (Phi) is 11.5. The molecule has 1 unspecified atom stereocenters.